The van der Waals surface area contributed by atoms with Crippen molar-refractivity contribution < 1.29 is 4.79 Å². The first-order valence-electron chi connectivity index (χ1n) is 7.28. The fourth-order valence-corrected chi connectivity index (χ4v) is 2.44. The SMILES string of the molecule is CCCNC1CCCN(c2ccc(C(=O)NC)nn2)C1. The lowest BCUT2D eigenvalue weighted by atomic mass is 10.1. The largest absolute Gasteiger partial charge is 0.354 e. The summed E-state index contributed by atoms with van der Waals surface area (Å²) in [5.41, 5.74) is 0.355. The molecule has 1 amide bonds. The molecule has 1 aliphatic rings. The zero-order chi connectivity index (χ0) is 14.4. The Morgan fingerprint density at radius 2 is 2.30 bits per heavy atom. The van der Waals surface area contributed by atoms with Crippen LogP contribution in [0.2, 0.25) is 0 Å². The van der Waals surface area contributed by atoms with Crippen molar-refractivity contribution in [3.8, 4) is 0 Å². The van der Waals surface area contributed by atoms with E-state index in [9.17, 15) is 4.79 Å². The van der Waals surface area contributed by atoms with E-state index in [0.29, 0.717) is 11.7 Å². The van der Waals surface area contributed by atoms with E-state index < -0.39 is 0 Å². The highest BCUT2D eigenvalue weighted by molar-refractivity contribution is 5.91. The van der Waals surface area contributed by atoms with E-state index >= 15 is 0 Å². The number of hydrogen-bond acceptors (Lipinski definition) is 5. The Morgan fingerprint density at radius 3 is 2.95 bits per heavy atom. The highest BCUT2D eigenvalue weighted by Gasteiger charge is 2.20. The van der Waals surface area contributed by atoms with Gasteiger partial charge >= 0.3 is 0 Å². The van der Waals surface area contributed by atoms with Crippen LogP contribution in [0.1, 0.15) is 36.7 Å². The minimum atomic E-state index is -0.204. The maximum absolute atomic E-state index is 11.4. The predicted octanol–water partition coefficient (Wildman–Crippen LogP) is 0.805. The first-order valence-corrected chi connectivity index (χ1v) is 7.28. The highest BCUT2D eigenvalue weighted by Crippen LogP contribution is 2.17. The number of carbonyl (C=O) groups excluding carboxylic acids is 1. The number of nitrogens with one attached hydrogen (secondary N) is 2. The van der Waals surface area contributed by atoms with Gasteiger partial charge in [0, 0.05) is 26.2 Å². The number of aromatic nitrogens is 2. The highest BCUT2D eigenvalue weighted by atomic mass is 16.1. The molecule has 20 heavy (non-hydrogen) atoms. The van der Waals surface area contributed by atoms with Crippen LogP contribution in [0, 0.1) is 0 Å². The maximum atomic E-state index is 11.4. The van der Waals surface area contributed by atoms with Gasteiger partial charge in [0.15, 0.2) is 11.5 Å². The summed E-state index contributed by atoms with van der Waals surface area (Å²) >= 11 is 0. The maximum Gasteiger partial charge on any atom is 0.271 e. The van der Waals surface area contributed by atoms with Crippen molar-refractivity contribution in [2.75, 3.05) is 31.6 Å². The third kappa shape index (κ3) is 3.66. The summed E-state index contributed by atoms with van der Waals surface area (Å²) in [7, 11) is 1.59. The standard InChI is InChI=1S/C14H23N5O/c1-3-8-16-11-5-4-9-19(10-11)13-7-6-12(17-18-13)14(20)15-2/h6-7,11,16H,3-5,8-10H2,1-2H3,(H,15,20). The normalized spacial score (nSPS) is 18.9. The van der Waals surface area contributed by atoms with Crippen molar-refractivity contribution in [3.05, 3.63) is 17.8 Å². The van der Waals surface area contributed by atoms with Gasteiger partial charge in [0.05, 0.1) is 0 Å². The van der Waals surface area contributed by atoms with Crippen LogP contribution in [0.15, 0.2) is 12.1 Å². The van der Waals surface area contributed by atoms with E-state index in [1.165, 1.54) is 6.42 Å². The van der Waals surface area contributed by atoms with E-state index in [-0.39, 0.29) is 5.91 Å². The smallest absolute Gasteiger partial charge is 0.271 e. The van der Waals surface area contributed by atoms with Crippen molar-refractivity contribution in [2.24, 2.45) is 0 Å². The third-order valence-corrected chi connectivity index (χ3v) is 3.54. The number of rotatable bonds is 5. The molecule has 1 aromatic heterocycles. The second-order valence-corrected chi connectivity index (χ2v) is 5.10. The molecule has 0 aliphatic carbocycles. The molecular formula is C14H23N5O. The van der Waals surface area contributed by atoms with E-state index in [4.69, 9.17) is 0 Å². The van der Waals surface area contributed by atoms with Gasteiger partial charge in [-0.2, -0.15) is 0 Å². The summed E-state index contributed by atoms with van der Waals surface area (Å²) in [6.45, 7) is 5.18. The molecule has 1 atom stereocenters. The Morgan fingerprint density at radius 1 is 1.45 bits per heavy atom. The molecule has 2 rings (SSSR count). The van der Waals surface area contributed by atoms with E-state index in [0.717, 1.165) is 38.3 Å². The number of nitrogens with zero attached hydrogens (tertiary/aromatic N) is 3. The van der Waals surface area contributed by atoms with Gasteiger partial charge in [0.25, 0.3) is 5.91 Å². The number of carbonyl (C=O) groups is 1. The monoisotopic (exact) mass is 277 g/mol. The summed E-state index contributed by atoms with van der Waals surface area (Å²) in [5, 5.41) is 14.3. The van der Waals surface area contributed by atoms with Crippen LogP contribution in [0.25, 0.3) is 0 Å². The Bertz CT molecular complexity index is 434. The summed E-state index contributed by atoms with van der Waals surface area (Å²) in [4.78, 5) is 13.7. The minimum absolute atomic E-state index is 0.204. The summed E-state index contributed by atoms with van der Waals surface area (Å²) < 4.78 is 0. The van der Waals surface area contributed by atoms with Gasteiger partial charge < -0.3 is 15.5 Å². The van der Waals surface area contributed by atoms with Crippen LogP contribution in [-0.4, -0.2) is 48.8 Å². The average Bonchev–Trinajstić information content (AvgIpc) is 2.52. The van der Waals surface area contributed by atoms with E-state index in [1.807, 2.05) is 6.07 Å². The molecule has 1 unspecified atom stereocenters. The van der Waals surface area contributed by atoms with Crippen LogP contribution in [0.5, 0.6) is 0 Å². The predicted molar refractivity (Wildman–Crippen MR) is 79.0 cm³/mol. The molecule has 0 aromatic carbocycles. The Hall–Kier alpha value is -1.69. The van der Waals surface area contributed by atoms with Crippen LogP contribution in [0.3, 0.4) is 0 Å². The van der Waals surface area contributed by atoms with Crippen molar-refractivity contribution >= 4 is 11.7 Å². The molecule has 0 saturated carbocycles. The third-order valence-electron chi connectivity index (χ3n) is 3.54. The van der Waals surface area contributed by atoms with Crippen molar-refractivity contribution in [1.29, 1.82) is 0 Å². The summed E-state index contributed by atoms with van der Waals surface area (Å²) in [6.07, 6.45) is 3.51. The Balaban J connectivity index is 1.98. The number of amides is 1. The first-order chi connectivity index (χ1) is 9.74. The fraction of sp³-hybridized carbons (Fsp3) is 0.643. The second-order valence-electron chi connectivity index (χ2n) is 5.10. The molecule has 6 heteroatoms. The van der Waals surface area contributed by atoms with Gasteiger partial charge in [-0.25, -0.2) is 0 Å². The first kappa shape index (κ1) is 14.7. The lowest BCUT2D eigenvalue weighted by molar-refractivity contribution is 0.0957. The van der Waals surface area contributed by atoms with Crippen LogP contribution < -0.4 is 15.5 Å². The van der Waals surface area contributed by atoms with Crippen molar-refractivity contribution in [1.82, 2.24) is 20.8 Å². The van der Waals surface area contributed by atoms with Crippen molar-refractivity contribution in [3.63, 3.8) is 0 Å². The second kappa shape index (κ2) is 7.19. The quantitative estimate of drug-likeness (QED) is 0.833. The van der Waals surface area contributed by atoms with Gasteiger partial charge in [0.1, 0.15) is 0 Å². The molecule has 110 valence electrons. The van der Waals surface area contributed by atoms with Crippen LogP contribution in [0.4, 0.5) is 5.82 Å². The molecule has 6 nitrogen and oxygen atoms in total. The zero-order valence-corrected chi connectivity index (χ0v) is 12.2. The summed E-state index contributed by atoms with van der Waals surface area (Å²) in [6, 6.07) is 4.12. The molecule has 1 saturated heterocycles. The molecule has 2 N–H and O–H groups in total. The van der Waals surface area contributed by atoms with Gasteiger partial charge in [-0.3, -0.25) is 4.79 Å². The minimum Gasteiger partial charge on any atom is -0.354 e. The van der Waals surface area contributed by atoms with Gasteiger partial charge in [0.2, 0.25) is 0 Å². The Kier molecular flexibility index (Phi) is 5.29. The molecular weight excluding hydrogens is 254 g/mol. The van der Waals surface area contributed by atoms with Crippen LogP contribution in [-0.2, 0) is 0 Å². The van der Waals surface area contributed by atoms with Crippen LogP contribution >= 0.6 is 0 Å². The molecule has 1 aliphatic heterocycles. The zero-order valence-electron chi connectivity index (χ0n) is 12.2. The molecule has 0 spiro atoms. The molecule has 2 heterocycles. The lowest BCUT2D eigenvalue weighted by Crippen LogP contribution is -2.46. The van der Waals surface area contributed by atoms with E-state index in [1.54, 1.807) is 13.1 Å². The average molecular weight is 277 g/mol. The lowest BCUT2D eigenvalue weighted by Gasteiger charge is -2.33. The van der Waals surface area contributed by atoms with E-state index in [2.05, 4.69) is 32.7 Å². The molecule has 0 bridgehead atoms. The van der Waals surface area contributed by atoms with Gasteiger partial charge in [-0.05, 0) is 37.9 Å². The van der Waals surface area contributed by atoms with Crippen molar-refractivity contribution in [2.45, 2.75) is 32.2 Å². The number of piperidine rings is 1. The van der Waals surface area contributed by atoms with Gasteiger partial charge in [-0.1, -0.05) is 6.92 Å². The molecule has 1 fully saturated rings. The number of anilines is 1. The number of hydrogen-bond donors (Lipinski definition) is 2. The van der Waals surface area contributed by atoms with Gasteiger partial charge in [-0.15, -0.1) is 10.2 Å². The molecule has 1 aromatic rings. The summed E-state index contributed by atoms with van der Waals surface area (Å²) in [5.74, 6) is 0.644. The topological polar surface area (TPSA) is 70.2 Å². The fourth-order valence-electron chi connectivity index (χ4n) is 2.44. The molecule has 0 radical (unpaired) electrons. The Labute approximate surface area is 120 Å².